The predicted octanol–water partition coefficient (Wildman–Crippen LogP) is 4.67. The molecule has 3 rings (SSSR count). The predicted molar refractivity (Wildman–Crippen MR) is 88.5 cm³/mol. The lowest BCUT2D eigenvalue weighted by Gasteiger charge is -2.52. The molecule has 2 aromatic carbocycles. The fourth-order valence-corrected chi connectivity index (χ4v) is 3.28. The lowest BCUT2D eigenvalue weighted by Crippen LogP contribution is -2.51. The summed E-state index contributed by atoms with van der Waals surface area (Å²) >= 11 is 0. The second-order valence-corrected chi connectivity index (χ2v) is 7.03. The summed E-state index contributed by atoms with van der Waals surface area (Å²) in [5.74, 6) is 0. The van der Waals surface area contributed by atoms with Crippen LogP contribution in [0.4, 0.5) is 0 Å². The van der Waals surface area contributed by atoms with Crippen LogP contribution in [0.3, 0.4) is 0 Å². The first-order valence-electron chi connectivity index (χ1n) is 7.89. The first-order chi connectivity index (χ1) is 10.4. The second kappa shape index (κ2) is 5.53. The maximum atomic E-state index is 11.1. The van der Waals surface area contributed by atoms with Crippen molar-refractivity contribution in [1.29, 1.82) is 0 Å². The number of hydrogen-bond acceptors (Lipinski definition) is 2. The summed E-state index contributed by atoms with van der Waals surface area (Å²) in [6.07, 6.45) is 0.380. The molecular weight excluding hydrogens is 272 g/mol. The number of ether oxygens (including phenoxy) is 1. The van der Waals surface area contributed by atoms with Gasteiger partial charge in [0.25, 0.3) is 0 Å². The Bertz CT molecular complexity index is 617. The molecule has 0 aromatic heterocycles. The molecular formula is C20H24O2. The van der Waals surface area contributed by atoms with Crippen molar-refractivity contribution in [3.05, 3.63) is 71.8 Å². The molecule has 0 aliphatic carbocycles. The van der Waals surface area contributed by atoms with Crippen molar-refractivity contribution in [1.82, 2.24) is 0 Å². The van der Waals surface area contributed by atoms with Crippen LogP contribution in [-0.4, -0.2) is 10.7 Å². The molecule has 0 spiro atoms. The number of rotatable bonds is 2. The van der Waals surface area contributed by atoms with Crippen molar-refractivity contribution in [3.8, 4) is 0 Å². The third kappa shape index (κ3) is 2.57. The van der Waals surface area contributed by atoms with Gasteiger partial charge >= 0.3 is 0 Å². The van der Waals surface area contributed by atoms with E-state index in [2.05, 4.69) is 38.1 Å². The van der Waals surface area contributed by atoms with E-state index in [0.29, 0.717) is 6.42 Å². The Morgan fingerprint density at radius 2 is 1.36 bits per heavy atom. The first kappa shape index (κ1) is 15.3. The molecule has 2 heteroatoms. The molecule has 1 saturated heterocycles. The highest BCUT2D eigenvalue weighted by molar-refractivity contribution is 5.25. The molecule has 1 aliphatic rings. The summed E-state index contributed by atoms with van der Waals surface area (Å²) < 4.78 is 6.45. The van der Waals surface area contributed by atoms with Gasteiger partial charge in [0.1, 0.15) is 0 Å². The summed E-state index contributed by atoms with van der Waals surface area (Å²) in [6, 6.07) is 20.4. The van der Waals surface area contributed by atoms with Gasteiger partial charge in [-0.15, -0.1) is 0 Å². The highest BCUT2D eigenvalue weighted by Gasteiger charge is 2.52. The van der Waals surface area contributed by atoms with Gasteiger partial charge in [-0.3, -0.25) is 0 Å². The van der Waals surface area contributed by atoms with Gasteiger partial charge in [-0.2, -0.15) is 0 Å². The zero-order valence-electron chi connectivity index (χ0n) is 13.5. The Balaban J connectivity index is 2.00. The van der Waals surface area contributed by atoms with E-state index in [1.807, 2.05) is 43.3 Å². The highest BCUT2D eigenvalue weighted by atomic mass is 16.5. The Morgan fingerprint density at radius 1 is 0.864 bits per heavy atom. The Morgan fingerprint density at radius 3 is 1.91 bits per heavy atom. The van der Waals surface area contributed by atoms with E-state index in [-0.39, 0.29) is 17.6 Å². The van der Waals surface area contributed by atoms with Gasteiger partial charge in [-0.1, -0.05) is 74.5 Å². The van der Waals surface area contributed by atoms with Crippen LogP contribution in [0.2, 0.25) is 0 Å². The van der Waals surface area contributed by atoms with E-state index in [1.54, 1.807) is 0 Å². The smallest absolute Gasteiger partial charge is 0.0911 e. The molecule has 116 valence electrons. The van der Waals surface area contributed by atoms with E-state index >= 15 is 0 Å². The lowest BCUT2D eigenvalue weighted by atomic mass is 9.65. The Hall–Kier alpha value is -1.64. The van der Waals surface area contributed by atoms with E-state index < -0.39 is 5.60 Å². The summed E-state index contributed by atoms with van der Waals surface area (Å²) in [6.45, 7) is 6.11. The maximum absolute atomic E-state index is 11.1. The van der Waals surface area contributed by atoms with Gasteiger partial charge in [-0.05, 0) is 18.1 Å². The molecule has 1 heterocycles. The van der Waals surface area contributed by atoms with Crippen molar-refractivity contribution in [3.63, 3.8) is 0 Å². The molecule has 22 heavy (non-hydrogen) atoms. The van der Waals surface area contributed by atoms with Crippen LogP contribution in [0, 0.1) is 5.41 Å². The summed E-state index contributed by atoms with van der Waals surface area (Å²) in [5, 5.41) is 11.1. The zero-order valence-corrected chi connectivity index (χ0v) is 13.5. The lowest BCUT2D eigenvalue weighted by molar-refractivity contribution is -0.223. The zero-order chi connectivity index (χ0) is 15.8. The van der Waals surface area contributed by atoms with Crippen LogP contribution in [0.1, 0.15) is 50.5 Å². The van der Waals surface area contributed by atoms with Crippen molar-refractivity contribution >= 4 is 0 Å². The minimum absolute atomic E-state index is 0.0885. The maximum Gasteiger partial charge on any atom is 0.0911 e. The summed E-state index contributed by atoms with van der Waals surface area (Å²) in [7, 11) is 0. The molecule has 1 N–H and O–H groups in total. The van der Waals surface area contributed by atoms with Crippen molar-refractivity contribution in [2.45, 2.75) is 45.0 Å². The SMILES string of the molecule is CC1(C)[C@H](c2ccccc2)O[C@H](c2ccccc2)C[C@]1(C)O. The standard InChI is InChI=1S/C20H24O2/c1-19(2)18(16-12-8-5-9-13-16)22-17(14-20(19,3)21)15-10-6-4-7-11-15/h4-13,17-18,21H,14H2,1-3H3/t17-,18-,20-/m0/s1. The van der Waals surface area contributed by atoms with E-state index in [0.717, 1.165) is 11.1 Å². The van der Waals surface area contributed by atoms with E-state index in [1.165, 1.54) is 0 Å². The monoisotopic (exact) mass is 296 g/mol. The molecule has 0 radical (unpaired) electrons. The van der Waals surface area contributed by atoms with E-state index in [9.17, 15) is 5.11 Å². The van der Waals surface area contributed by atoms with Crippen LogP contribution < -0.4 is 0 Å². The molecule has 0 amide bonds. The Kier molecular flexibility index (Phi) is 3.84. The third-order valence-electron chi connectivity index (χ3n) is 5.20. The third-order valence-corrected chi connectivity index (χ3v) is 5.20. The summed E-state index contributed by atoms with van der Waals surface area (Å²) in [5.41, 5.74) is 1.08. The average molecular weight is 296 g/mol. The molecule has 2 aromatic rings. The van der Waals surface area contributed by atoms with Gasteiger partial charge in [0.05, 0.1) is 17.8 Å². The minimum atomic E-state index is -0.799. The van der Waals surface area contributed by atoms with Gasteiger partial charge in [0, 0.05) is 11.8 Å². The number of benzene rings is 2. The molecule has 1 aliphatic heterocycles. The largest absolute Gasteiger partial charge is 0.389 e. The topological polar surface area (TPSA) is 29.5 Å². The molecule has 0 saturated carbocycles. The Labute approximate surface area is 132 Å². The minimum Gasteiger partial charge on any atom is -0.389 e. The van der Waals surface area contributed by atoms with Crippen LogP contribution in [0.5, 0.6) is 0 Å². The quantitative estimate of drug-likeness (QED) is 0.873. The van der Waals surface area contributed by atoms with Crippen molar-refractivity contribution in [2.24, 2.45) is 5.41 Å². The van der Waals surface area contributed by atoms with Gasteiger partial charge < -0.3 is 9.84 Å². The molecule has 0 unspecified atom stereocenters. The average Bonchev–Trinajstić information content (AvgIpc) is 2.51. The van der Waals surface area contributed by atoms with E-state index in [4.69, 9.17) is 4.74 Å². The van der Waals surface area contributed by atoms with Crippen LogP contribution in [0.15, 0.2) is 60.7 Å². The van der Waals surface area contributed by atoms with Crippen LogP contribution in [-0.2, 0) is 4.74 Å². The molecule has 1 fully saturated rings. The van der Waals surface area contributed by atoms with Crippen LogP contribution in [0.25, 0.3) is 0 Å². The molecule has 2 nitrogen and oxygen atoms in total. The summed E-state index contributed by atoms with van der Waals surface area (Å²) in [4.78, 5) is 0. The first-order valence-corrected chi connectivity index (χ1v) is 7.89. The normalized spacial score (nSPS) is 30.9. The number of aliphatic hydroxyl groups is 1. The fraction of sp³-hybridized carbons (Fsp3) is 0.400. The second-order valence-electron chi connectivity index (χ2n) is 7.03. The van der Waals surface area contributed by atoms with Gasteiger partial charge in [-0.25, -0.2) is 0 Å². The highest BCUT2D eigenvalue weighted by Crippen LogP contribution is 2.54. The van der Waals surface area contributed by atoms with Crippen LogP contribution >= 0.6 is 0 Å². The van der Waals surface area contributed by atoms with Crippen molar-refractivity contribution < 1.29 is 9.84 Å². The number of hydrogen-bond donors (Lipinski definition) is 1. The molecule has 3 atom stereocenters. The van der Waals surface area contributed by atoms with Crippen molar-refractivity contribution in [2.75, 3.05) is 0 Å². The molecule has 0 bridgehead atoms. The van der Waals surface area contributed by atoms with Gasteiger partial charge in [0.15, 0.2) is 0 Å². The van der Waals surface area contributed by atoms with Gasteiger partial charge in [0.2, 0.25) is 0 Å². The fourth-order valence-electron chi connectivity index (χ4n) is 3.28.